The molecule has 1 atom stereocenters. The summed E-state index contributed by atoms with van der Waals surface area (Å²) in [6.07, 6.45) is 0. The molecule has 0 aliphatic carbocycles. The van der Waals surface area contributed by atoms with Gasteiger partial charge < -0.3 is 20.3 Å². The third kappa shape index (κ3) is 3.73. The first kappa shape index (κ1) is 14.9. The van der Waals surface area contributed by atoms with E-state index in [2.05, 4.69) is 4.74 Å². The Morgan fingerprint density at radius 2 is 1.95 bits per heavy atom. The van der Waals surface area contributed by atoms with E-state index < -0.39 is 12.0 Å². The molecule has 2 rings (SSSR count). The molecule has 0 spiro atoms. The molecule has 0 aliphatic heterocycles. The second-order valence-corrected chi connectivity index (χ2v) is 4.50. The van der Waals surface area contributed by atoms with E-state index in [0.717, 1.165) is 5.56 Å². The summed E-state index contributed by atoms with van der Waals surface area (Å²) in [7, 11) is 1.25. The average molecular weight is 287 g/mol. The van der Waals surface area contributed by atoms with Crippen LogP contribution in [0.2, 0.25) is 0 Å². The number of aromatic hydroxyl groups is 1. The minimum atomic E-state index is -1.02. The molecule has 2 aromatic rings. The fourth-order valence-corrected chi connectivity index (χ4v) is 1.87. The maximum absolute atomic E-state index is 11.4. The Morgan fingerprint density at radius 3 is 2.57 bits per heavy atom. The van der Waals surface area contributed by atoms with Crippen molar-refractivity contribution < 1.29 is 19.4 Å². The lowest BCUT2D eigenvalue weighted by atomic mass is 10.1. The minimum absolute atomic E-state index is 0.0986. The zero-order valence-electron chi connectivity index (χ0n) is 11.7. The molecule has 0 aliphatic rings. The summed E-state index contributed by atoms with van der Waals surface area (Å²) in [5.74, 6) is -0.209. The number of esters is 1. The number of phenolic OH excluding ortho intramolecular Hbond substituents is 1. The number of nitrogens with two attached hydrogens (primary N) is 1. The van der Waals surface area contributed by atoms with E-state index in [1.165, 1.54) is 13.2 Å². The number of ether oxygens (including phenoxy) is 2. The summed E-state index contributed by atoms with van der Waals surface area (Å²) >= 11 is 0. The number of carbonyl (C=O) groups excluding carboxylic acids is 1. The Bertz CT molecular complexity index is 613. The van der Waals surface area contributed by atoms with Crippen molar-refractivity contribution in [1.82, 2.24) is 0 Å². The van der Waals surface area contributed by atoms with Crippen LogP contribution in [0.3, 0.4) is 0 Å². The number of carbonyl (C=O) groups is 1. The van der Waals surface area contributed by atoms with Gasteiger partial charge in [0.25, 0.3) is 0 Å². The smallest absolute Gasteiger partial charge is 0.327 e. The highest BCUT2D eigenvalue weighted by Gasteiger charge is 2.19. The lowest BCUT2D eigenvalue weighted by molar-refractivity contribution is -0.142. The van der Waals surface area contributed by atoms with Crippen molar-refractivity contribution in [2.24, 2.45) is 5.73 Å². The first-order chi connectivity index (χ1) is 10.1. The first-order valence-electron chi connectivity index (χ1n) is 6.45. The molecule has 0 unspecified atom stereocenters. The molecule has 2 aromatic carbocycles. The van der Waals surface area contributed by atoms with Crippen LogP contribution in [0.25, 0.3) is 0 Å². The zero-order valence-corrected chi connectivity index (χ0v) is 11.7. The van der Waals surface area contributed by atoms with Gasteiger partial charge in [-0.2, -0.15) is 0 Å². The molecular weight excluding hydrogens is 270 g/mol. The SMILES string of the molecule is COC(=O)[C@@H](N)c1ccc(OCc2ccccc2)cc1O. The van der Waals surface area contributed by atoms with E-state index in [9.17, 15) is 9.90 Å². The summed E-state index contributed by atoms with van der Waals surface area (Å²) < 4.78 is 10.1. The Morgan fingerprint density at radius 1 is 1.24 bits per heavy atom. The Hall–Kier alpha value is -2.53. The molecule has 5 heteroatoms. The number of hydrogen-bond donors (Lipinski definition) is 2. The largest absolute Gasteiger partial charge is 0.507 e. The predicted molar refractivity (Wildman–Crippen MR) is 77.8 cm³/mol. The highest BCUT2D eigenvalue weighted by atomic mass is 16.5. The number of methoxy groups -OCH3 is 1. The molecule has 0 fully saturated rings. The molecule has 0 aromatic heterocycles. The van der Waals surface area contributed by atoms with Gasteiger partial charge >= 0.3 is 5.97 Å². The molecule has 110 valence electrons. The third-order valence-electron chi connectivity index (χ3n) is 3.04. The highest BCUT2D eigenvalue weighted by Crippen LogP contribution is 2.28. The summed E-state index contributed by atoms with van der Waals surface area (Å²) in [6, 6.07) is 13.3. The Kier molecular flexibility index (Phi) is 4.79. The molecule has 3 N–H and O–H groups in total. The fourth-order valence-electron chi connectivity index (χ4n) is 1.87. The van der Waals surface area contributed by atoms with Crippen LogP contribution in [0.4, 0.5) is 0 Å². The molecule has 0 saturated heterocycles. The van der Waals surface area contributed by atoms with Crippen LogP contribution in [-0.2, 0) is 16.1 Å². The van der Waals surface area contributed by atoms with Crippen LogP contribution in [-0.4, -0.2) is 18.2 Å². The standard InChI is InChI=1S/C16H17NO4/c1-20-16(19)15(17)13-8-7-12(9-14(13)18)21-10-11-5-3-2-4-6-11/h2-9,15,18H,10,17H2,1H3/t15-/m0/s1. The van der Waals surface area contributed by atoms with Gasteiger partial charge in [0.05, 0.1) is 7.11 Å². The molecule has 0 bridgehead atoms. The average Bonchev–Trinajstić information content (AvgIpc) is 2.52. The van der Waals surface area contributed by atoms with Gasteiger partial charge in [-0.15, -0.1) is 0 Å². The second-order valence-electron chi connectivity index (χ2n) is 4.50. The van der Waals surface area contributed by atoms with E-state index in [-0.39, 0.29) is 5.75 Å². The lowest BCUT2D eigenvalue weighted by Gasteiger charge is -2.13. The molecule has 5 nitrogen and oxygen atoms in total. The number of rotatable bonds is 5. The van der Waals surface area contributed by atoms with E-state index in [0.29, 0.717) is 17.9 Å². The van der Waals surface area contributed by atoms with Crippen LogP contribution in [0.5, 0.6) is 11.5 Å². The maximum atomic E-state index is 11.4. The maximum Gasteiger partial charge on any atom is 0.327 e. The zero-order chi connectivity index (χ0) is 15.2. The summed E-state index contributed by atoms with van der Waals surface area (Å²) in [5.41, 5.74) is 7.01. The minimum Gasteiger partial charge on any atom is -0.507 e. The van der Waals surface area contributed by atoms with Crippen LogP contribution in [0.15, 0.2) is 48.5 Å². The monoisotopic (exact) mass is 287 g/mol. The molecule has 0 radical (unpaired) electrons. The van der Waals surface area contributed by atoms with Crippen molar-refractivity contribution in [3.63, 3.8) is 0 Å². The molecule has 0 saturated carbocycles. The third-order valence-corrected chi connectivity index (χ3v) is 3.04. The van der Waals surface area contributed by atoms with E-state index in [1.54, 1.807) is 12.1 Å². The quantitative estimate of drug-likeness (QED) is 0.823. The summed E-state index contributed by atoms with van der Waals surface area (Å²) in [5, 5.41) is 9.94. The second kappa shape index (κ2) is 6.76. The van der Waals surface area contributed by atoms with E-state index in [1.807, 2.05) is 30.3 Å². The van der Waals surface area contributed by atoms with Gasteiger partial charge in [0, 0.05) is 11.6 Å². The summed E-state index contributed by atoms with van der Waals surface area (Å²) in [6.45, 7) is 0.392. The van der Waals surface area contributed by atoms with Crippen molar-refractivity contribution in [3.05, 3.63) is 59.7 Å². The van der Waals surface area contributed by atoms with E-state index >= 15 is 0 Å². The van der Waals surface area contributed by atoms with E-state index in [4.69, 9.17) is 10.5 Å². The van der Waals surface area contributed by atoms with Gasteiger partial charge in [-0.3, -0.25) is 4.79 Å². The van der Waals surface area contributed by atoms with Gasteiger partial charge in [-0.05, 0) is 17.7 Å². The van der Waals surface area contributed by atoms with Crippen molar-refractivity contribution in [2.75, 3.05) is 7.11 Å². The molecule has 21 heavy (non-hydrogen) atoms. The van der Waals surface area contributed by atoms with Gasteiger partial charge in [-0.25, -0.2) is 0 Å². The van der Waals surface area contributed by atoms with Crippen molar-refractivity contribution in [2.45, 2.75) is 12.6 Å². The van der Waals surface area contributed by atoms with Gasteiger partial charge in [0.15, 0.2) is 0 Å². The van der Waals surface area contributed by atoms with Crippen molar-refractivity contribution >= 4 is 5.97 Å². The predicted octanol–water partition coefficient (Wildman–Crippen LogP) is 2.14. The molecular formula is C16H17NO4. The Labute approximate surface area is 122 Å². The van der Waals surface area contributed by atoms with Crippen LogP contribution in [0.1, 0.15) is 17.2 Å². The number of hydrogen-bond acceptors (Lipinski definition) is 5. The van der Waals surface area contributed by atoms with Crippen LogP contribution < -0.4 is 10.5 Å². The van der Waals surface area contributed by atoms with Crippen LogP contribution >= 0.6 is 0 Å². The van der Waals surface area contributed by atoms with Crippen molar-refractivity contribution in [3.8, 4) is 11.5 Å². The molecule has 0 heterocycles. The number of phenols is 1. The van der Waals surface area contributed by atoms with Gasteiger partial charge in [0.1, 0.15) is 24.1 Å². The Balaban J connectivity index is 2.07. The number of benzene rings is 2. The highest BCUT2D eigenvalue weighted by molar-refractivity contribution is 5.78. The molecule has 0 amide bonds. The normalized spacial score (nSPS) is 11.7. The van der Waals surface area contributed by atoms with Gasteiger partial charge in [-0.1, -0.05) is 30.3 Å². The fraction of sp³-hybridized carbons (Fsp3) is 0.188. The van der Waals surface area contributed by atoms with Gasteiger partial charge in [0.2, 0.25) is 0 Å². The first-order valence-corrected chi connectivity index (χ1v) is 6.45. The lowest BCUT2D eigenvalue weighted by Crippen LogP contribution is -2.22. The topological polar surface area (TPSA) is 81.8 Å². The van der Waals surface area contributed by atoms with Crippen LogP contribution in [0, 0.1) is 0 Å². The van der Waals surface area contributed by atoms with Crippen molar-refractivity contribution in [1.29, 1.82) is 0 Å². The summed E-state index contributed by atoms with van der Waals surface area (Å²) in [4.78, 5) is 11.4.